The molecule has 0 aliphatic carbocycles. The molecule has 14 nitrogen and oxygen atoms in total. The fourth-order valence-corrected chi connectivity index (χ4v) is 9.21. The lowest BCUT2D eigenvalue weighted by molar-refractivity contribution is 0.0251. The Morgan fingerprint density at radius 3 is 1.54 bits per heavy atom. The Balaban J connectivity index is 0.000000208. The summed E-state index contributed by atoms with van der Waals surface area (Å²) in [5.74, 6) is -1.24. The number of piperazine rings is 2. The first-order chi connectivity index (χ1) is 31.9. The molecule has 69 heavy (non-hydrogen) atoms. The maximum Gasteiger partial charge on any atom is 0.331 e. The van der Waals surface area contributed by atoms with Crippen LogP contribution in [0.2, 0.25) is 10.0 Å². The van der Waals surface area contributed by atoms with Gasteiger partial charge in [0.15, 0.2) is 22.7 Å². The van der Waals surface area contributed by atoms with Crippen LogP contribution >= 0.6 is 23.2 Å². The standard InChI is InChI=1S/C26H30ClFN4O5S.C24H27ClFN3O2/c1-25(2,3)16-12-19(15-7-8-17(27)18(28)11-15)29-20-13-21(37-22(16)20)23(33)32-10-9-31(14-26(32,4)5)24(34)30-38(6,35)36;1-23(2,3)15-11-18(14-6-7-16(25)17(26)10-14)28-19-12-20(31-21(15)19)22(30)29-9-8-27-13-24(29,4)5/h7-8,11-13H,9-10,14H2,1-6H3,(H,30,34);6-7,10-12,27H,8-9,13H2,1-5H3. The van der Waals surface area contributed by atoms with Crippen molar-refractivity contribution in [2.75, 3.05) is 45.5 Å². The summed E-state index contributed by atoms with van der Waals surface area (Å²) in [6.45, 7) is 22.4. The normalized spacial score (nSPS) is 16.4. The molecule has 8 rings (SSSR count). The SMILES string of the molecule is CC(C)(C)c1cc(-c2ccc(Cl)c(F)c2)nc2cc(C(=O)N3CCN(C(=O)NS(C)(=O)=O)CC3(C)C)oc12.CC(C)(C)c1cc(-c2ccc(Cl)c(F)c2)nc2cc(C(=O)N3CCNCC3(C)C)oc12. The number of benzene rings is 2. The van der Waals surface area contributed by atoms with E-state index in [1.807, 2.05) is 56.4 Å². The Bertz CT molecular complexity index is 3120. The number of halogens is 4. The van der Waals surface area contributed by atoms with Crippen LogP contribution in [0.3, 0.4) is 0 Å². The molecule has 0 unspecified atom stereocenters. The van der Waals surface area contributed by atoms with Crippen molar-refractivity contribution >= 4 is 73.3 Å². The fourth-order valence-electron chi connectivity index (χ4n) is 8.53. The van der Waals surface area contributed by atoms with E-state index < -0.39 is 33.2 Å². The Kier molecular flexibility index (Phi) is 13.8. The van der Waals surface area contributed by atoms with Gasteiger partial charge < -0.3 is 28.9 Å². The van der Waals surface area contributed by atoms with Gasteiger partial charge in [-0.15, -0.1) is 0 Å². The second-order valence-corrected chi connectivity index (χ2v) is 23.4. The number of hydrogen-bond donors (Lipinski definition) is 2. The minimum absolute atomic E-state index is 0.0126. The lowest BCUT2D eigenvalue weighted by atomic mass is 9.86. The van der Waals surface area contributed by atoms with E-state index in [1.54, 1.807) is 43.0 Å². The van der Waals surface area contributed by atoms with Crippen molar-refractivity contribution in [1.82, 2.24) is 34.7 Å². The summed E-state index contributed by atoms with van der Waals surface area (Å²) in [6.07, 6.45) is 0.909. The number of sulfonamides is 1. The van der Waals surface area contributed by atoms with Crippen LogP contribution in [0.15, 0.2) is 69.5 Å². The van der Waals surface area contributed by atoms with Crippen LogP contribution in [0.1, 0.15) is 101 Å². The van der Waals surface area contributed by atoms with Crippen molar-refractivity contribution in [3.8, 4) is 22.5 Å². The average Bonchev–Trinajstić information content (AvgIpc) is 3.88. The molecule has 2 fully saturated rings. The van der Waals surface area contributed by atoms with E-state index in [0.717, 1.165) is 30.5 Å². The third-order valence-corrected chi connectivity index (χ3v) is 13.3. The fraction of sp³-hybridized carbons (Fsp3) is 0.420. The zero-order chi connectivity index (χ0) is 50.8. The summed E-state index contributed by atoms with van der Waals surface area (Å²) >= 11 is 11.7. The lowest BCUT2D eigenvalue weighted by Crippen LogP contribution is -2.63. The molecule has 0 atom stereocenters. The van der Waals surface area contributed by atoms with Crippen molar-refractivity contribution in [2.24, 2.45) is 0 Å². The van der Waals surface area contributed by atoms with Gasteiger partial charge in [-0.2, -0.15) is 0 Å². The molecule has 2 saturated heterocycles. The summed E-state index contributed by atoms with van der Waals surface area (Å²) in [5.41, 5.74) is 4.29. The Hall–Kier alpha value is -5.62. The molecule has 2 aliphatic heterocycles. The highest BCUT2D eigenvalue weighted by molar-refractivity contribution is 7.89. The predicted molar refractivity (Wildman–Crippen MR) is 264 cm³/mol. The van der Waals surface area contributed by atoms with Gasteiger partial charge in [-0.25, -0.2) is 36.7 Å². The number of aromatic nitrogens is 2. The third-order valence-electron chi connectivity index (χ3n) is 12.2. The quantitative estimate of drug-likeness (QED) is 0.169. The maximum absolute atomic E-state index is 14.2. The third kappa shape index (κ3) is 11.1. The molecule has 368 valence electrons. The monoisotopic (exact) mass is 1010 g/mol. The minimum atomic E-state index is -3.71. The molecule has 4 aromatic heterocycles. The number of fused-ring (bicyclic) bond motifs is 2. The molecule has 2 aliphatic rings. The minimum Gasteiger partial charge on any atom is -0.449 e. The number of nitrogens with zero attached hydrogens (tertiary/aromatic N) is 5. The summed E-state index contributed by atoms with van der Waals surface area (Å²) < 4.78 is 65.3. The molecule has 0 bridgehead atoms. The molecule has 6 aromatic rings. The number of hydrogen-bond acceptors (Lipinski definition) is 10. The van der Waals surface area contributed by atoms with E-state index in [1.165, 1.54) is 29.2 Å². The van der Waals surface area contributed by atoms with Crippen molar-refractivity contribution in [1.29, 1.82) is 0 Å². The van der Waals surface area contributed by atoms with Gasteiger partial charge in [0.25, 0.3) is 11.8 Å². The number of furan rings is 2. The van der Waals surface area contributed by atoms with E-state index in [9.17, 15) is 31.6 Å². The van der Waals surface area contributed by atoms with Crippen molar-refractivity contribution in [2.45, 2.75) is 91.1 Å². The first kappa shape index (κ1) is 51.2. The van der Waals surface area contributed by atoms with Crippen LogP contribution in [0.5, 0.6) is 0 Å². The number of nitrogens with one attached hydrogen (secondary N) is 2. The Morgan fingerprint density at radius 1 is 0.696 bits per heavy atom. The second kappa shape index (κ2) is 18.6. The van der Waals surface area contributed by atoms with E-state index >= 15 is 0 Å². The molecule has 2 N–H and O–H groups in total. The van der Waals surface area contributed by atoms with Gasteiger partial charge >= 0.3 is 6.03 Å². The number of urea groups is 1. The second-order valence-electron chi connectivity index (χ2n) is 20.8. The number of carbonyl (C=O) groups is 3. The summed E-state index contributed by atoms with van der Waals surface area (Å²) in [4.78, 5) is 53.4. The van der Waals surface area contributed by atoms with Gasteiger partial charge in [0.2, 0.25) is 10.0 Å². The van der Waals surface area contributed by atoms with Gasteiger partial charge in [0.05, 0.1) is 38.8 Å². The summed E-state index contributed by atoms with van der Waals surface area (Å²) in [6, 6.07) is 15.4. The van der Waals surface area contributed by atoms with Gasteiger partial charge in [0, 0.05) is 73.7 Å². The smallest absolute Gasteiger partial charge is 0.331 e. The molecule has 19 heteroatoms. The van der Waals surface area contributed by atoms with Crippen LogP contribution < -0.4 is 10.0 Å². The maximum atomic E-state index is 14.2. The zero-order valence-electron chi connectivity index (χ0n) is 40.5. The average molecular weight is 1010 g/mol. The van der Waals surface area contributed by atoms with Gasteiger partial charge in [-0.05, 0) is 74.9 Å². The molecule has 4 amide bonds. The van der Waals surface area contributed by atoms with E-state index in [0.29, 0.717) is 51.3 Å². The van der Waals surface area contributed by atoms with Crippen LogP contribution in [-0.4, -0.2) is 108 Å². The van der Waals surface area contributed by atoms with Gasteiger partial charge in [0.1, 0.15) is 22.7 Å². The van der Waals surface area contributed by atoms with E-state index in [-0.39, 0.29) is 69.4 Å². The van der Waals surface area contributed by atoms with Crippen molar-refractivity contribution < 1.29 is 40.4 Å². The molecule has 0 spiro atoms. The van der Waals surface area contributed by atoms with Gasteiger partial charge in [-0.1, -0.05) is 76.9 Å². The predicted octanol–water partition coefficient (Wildman–Crippen LogP) is 10.2. The lowest BCUT2D eigenvalue weighted by Gasteiger charge is -2.46. The number of rotatable bonds is 5. The van der Waals surface area contributed by atoms with Crippen molar-refractivity contribution in [3.63, 3.8) is 0 Å². The number of amides is 4. The first-order valence-electron chi connectivity index (χ1n) is 22.4. The Morgan fingerprint density at radius 2 is 1.14 bits per heavy atom. The first-order valence-corrected chi connectivity index (χ1v) is 25.0. The topological polar surface area (TPSA) is 171 Å². The van der Waals surface area contributed by atoms with E-state index in [4.69, 9.17) is 32.0 Å². The molecule has 0 saturated carbocycles. The molecule has 2 aromatic carbocycles. The van der Waals surface area contributed by atoms with Gasteiger partial charge in [-0.3, -0.25) is 9.59 Å². The van der Waals surface area contributed by atoms with Crippen molar-refractivity contribution in [3.05, 3.63) is 105 Å². The zero-order valence-corrected chi connectivity index (χ0v) is 42.9. The van der Waals surface area contributed by atoms with E-state index in [2.05, 4.69) is 36.1 Å². The number of carbonyl (C=O) groups excluding carboxylic acids is 3. The highest BCUT2D eigenvalue weighted by Crippen LogP contribution is 2.38. The summed E-state index contributed by atoms with van der Waals surface area (Å²) in [5, 5.41) is 3.40. The highest BCUT2D eigenvalue weighted by atomic mass is 35.5. The van der Waals surface area contributed by atoms with Crippen LogP contribution in [-0.2, 0) is 20.9 Å². The van der Waals surface area contributed by atoms with Crippen LogP contribution in [0.25, 0.3) is 44.7 Å². The molecular formula is C50H57Cl2F2N7O7S. The highest BCUT2D eigenvalue weighted by Gasteiger charge is 2.41. The molecule has 0 radical (unpaired) electrons. The summed E-state index contributed by atoms with van der Waals surface area (Å²) in [7, 11) is -3.71. The largest absolute Gasteiger partial charge is 0.449 e. The van der Waals surface area contributed by atoms with Crippen LogP contribution in [0.4, 0.5) is 13.6 Å². The Labute approximate surface area is 410 Å². The molecular weight excluding hydrogens is 952 g/mol. The van der Waals surface area contributed by atoms with Crippen LogP contribution in [0, 0.1) is 11.6 Å². The number of pyridine rings is 2. The molecule has 6 heterocycles.